The van der Waals surface area contributed by atoms with Crippen molar-refractivity contribution in [2.75, 3.05) is 7.11 Å². The number of ether oxygens (including phenoxy) is 1. The third-order valence-corrected chi connectivity index (χ3v) is 2.03. The maximum absolute atomic E-state index is 11.1. The number of hydrogen-bond donors (Lipinski definition) is 0. The number of hydrogen-bond acceptors (Lipinski definition) is 2. The molecule has 0 unspecified atom stereocenters. The maximum Gasteiger partial charge on any atom is 0.338 e. The molecule has 0 N–H and O–H groups in total. The molecule has 0 saturated carbocycles. The first-order valence-corrected chi connectivity index (χ1v) is 4.55. The van der Waals surface area contributed by atoms with Crippen molar-refractivity contribution < 1.29 is 38.1 Å². The molecule has 0 radical (unpaired) electrons. The molecule has 0 aliphatic carbocycles. The predicted octanol–water partition coefficient (Wildman–Crippen LogP) is -1.48. The summed E-state index contributed by atoms with van der Waals surface area (Å²) in [6.07, 6.45) is 3.76. The normalized spacial score (nSPS) is 10.4. The van der Waals surface area contributed by atoms with Gasteiger partial charge in [0.25, 0.3) is 0 Å². The van der Waals surface area contributed by atoms with E-state index < -0.39 is 0 Å². The first-order valence-electron chi connectivity index (χ1n) is 4.55. The third-order valence-electron chi connectivity index (χ3n) is 2.03. The van der Waals surface area contributed by atoms with Gasteiger partial charge in [0.05, 0.1) is 12.7 Å². The van der Waals surface area contributed by atoms with Crippen LogP contribution in [0.25, 0.3) is 0 Å². The monoisotopic (exact) mass is 321 g/mol. The van der Waals surface area contributed by atoms with Crippen LogP contribution in [-0.2, 0) is 10.3 Å². The number of carbonyl (C=O) groups excluding carboxylic acids is 1. The fourth-order valence-corrected chi connectivity index (χ4v) is 1.13. The van der Waals surface area contributed by atoms with Gasteiger partial charge >= 0.3 is 5.97 Å². The number of rotatable bonds is 1. The Balaban J connectivity index is 0.00000196. The van der Waals surface area contributed by atoms with Crippen LogP contribution in [0.3, 0.4) is 0 Å². The van der Waals surface area contributed by atoms with E-state index in [-0.39, 0.29) is 35.5 Å². The first-order chi connectivity index (χ1) is 6.45. The van der Waals surface area contributed by atoms with Crippen molar-refractivity contribution in [1.82, 2.24) is 0 Å². The zero-order valence-corrected chi connectivity index (χ0v) is 11.6. The number of halogens is 1. The van der Waals surface area contributed by atoms with Crippen molar-refractivity contribution in [2.45, 2.75) is 26.3 Å². The van der Waals surface area contributed by atoms with Crippen LogP contribution in [0, 0.1) is 0 Å². The Kier molecular flexibility index (Phi) is 5.20. The largest absolute Gasteiger partial charge is 1.00 e. The molecule has 0 saturated heterocycles. The van der Waals surface area contributed by atoms with E-state index in [1.807, 2.05) is 17.0 Å². The second-order valence-corrected chi connectivity index (χ2v) is 4.16. The van der Waals surface area contributed by atoms with E-state index in [4.69, 9.17) is 0 Å². The SMILES string of the molecule is COC(=O)c1cc[n+](C(C)(C)C)cc1.[I-]. The van der Waals surface area contributed by atoms with Gasteiger partial charge in [-0.25, -0.2) is 9.36 Å². The molecule has 15 heavy (non-hydrogen) atoms. The van der Waals surface area contributed by atoms with Crippen LogP contribution in [0.5, 0.6) is 0 Å². The van der Waals surface area contributed by atoms with Gasteiger partial charge in [0, 0.05) is 32.9 Å². The standard InChI is InChI=1S/C11H16NO2.HI/c1-11(2,3)12-7-5-9(6-8-12)10(13)14-4;/h5-8H,1-4H3;1H/q+1;/p-1. The summed E-state index contributed by atoms with van der Waals surface area (Å²) in [5, 5.41) is 0. The van der Waals surface area contributed by atoms with Gasteiger partial charge in [-0.15, -0.1) is 0 Å². The highest BCUT2D eigenvalue weighted by atomic mass is 127. The second-order valence-electron chi connectivity index (χ2n) is 4.16. The van der Waals surface area contributed by atoms with Crippen molar-refractivity contribution in [3.63, 3.8) is 0 Å². The fraction of sp³-hybridized carbons (Fsp3) is 0.455. The lowest BCUT2D eigenvalue weighted by Gasteiger charge is -2.12. The molecule has 0 atom stereocenters. The third kappa shape index (κ3) is 3.77. The Morgan fingerprint density at radius 2 is 1.73 bits per heavy atom. The second kappa shape index (κ2) is 5.44. The van der Waals surface area contributed by atoms with Crippen LogP contribution in [0.2, 0.25) is 0 Å². The molecule has 0 aliphatic heterocycles. The van der Waals surface area contributed by atoms with E-state index >= 15 is 0 Å². The summed E-state index contributed by atoms with van der Waals surface area (Å²) in [5.41, 5.74) is 0.613. The number of carbonyl (C=O) groups is 1. The van der Waals surface area contributed by atoms with Crippen molar-refractivity contribution in [2.24, 2.45) is 0 Å². The van der Waals surface area contributed by atoms with Gasteiger partial charge in [-0.05, 0) is 0 Å². The van der Waals surface area contributed by atoms with Gasteiger partial charge in [0.15, 0.2) is 17.9 Å². The predicted molar refractivity (Wildman–Crippen MR) is 53.0 cm³/mol. The summed E-state index contributed by atoms with van der Waals surface area (Å²) >= 11 is 0. The molecule has 4 heteroatoms. The van der Waals surface area contributed by atoms with Gasteiger partial charge in [0.2, 0.25) is 0 Å². The Bertz CT molecular complexity index is 327. The van der Waals surface area contributed by atoms with Gasteiger partial charge in [0.1, 0.15) is 0 Å². The Labute approximate surface area is 107 Å². The molecule has 0 aromatic carbocycles. The molecule has 0 aliphatic rings. The summed E-state index contributed by atoms with van der Waals surface area (Å²) < 4.78 is 6.65. The van der Waals surface area contributed by atoms with E-state index in [0.29, 0.717) is 5.56 Å². The van der Waals surface area contributed by atoms with Gasteiger partial charge in [-0.1, -0.05) is 0 Å². The van der Waals surface area contributed by atoms with Crippen LogP contribution < -0.4 is 28.5 Å². The summed E-state index contributed by atoms with van der Waals surface area (Å²) in [7, 11) is 1.38. The van der Waals surface area contributed by atoms with Crippen molar-refractivity contribution in [3.05, 3.63) is 30.1 Å². The number of pyridine rings is 1. The van der Waals surface area contributed by atoms with E-state index in [1.165, 1.54) is 7.11 Å². The molecule has 0 spiro atoms. The van der Waals surface area contributed by atoms with Crippen LogP contribution in [-0.4, -0.2) is 13.1 Å². The molecular weight excluding hydrogens is 305 g/mol. The van der Waals surface area contributed by atoms with Crippen LogP contribution in [0.4, 0.5) is 0 Å². The van der Waals surface area contributed by atoms with Crippen molar-refractivity contribution in [3.8, 4) is 0 Å². The zero-order valence-electron chi connectivity index (χ0n) is 9.45. The molecule has 1 rings (SSSR count). The highest BCUT2D eigenvalue weighted by molar-refractivity contribution is 5.88. The van der Waals surface area contributed by atoms with Gasteiger partial charge in [-0.2, -0.15) is 0 Å². The quantitative estimate of drug-likeness (QED) is 0.359. The minimum Gasteiger partial charge on any atom is -1.00 e. The average Bonchev–Trinajstić information content (AvgIpc) is 2.15. The number of methoxy groups -OCH3 is 1. The fourth-order valence-electron chi connectivity index (χ4n) is 1.13. The number of nitrogens with zero attached hydrogens (tertiary/aromatic N) is 1. The molecule has 0 amide bonds. The van der Waals surface area contributed by atoms with Crippen LogP contribution >= 0.6 is 0 Å². The Morgan fingerprint density at radius 3 is 2.07 bits per heavy atom. The molecule has 1 heterocycles. The lowest BCUT2D eigenvalue weighted by molar-refractivity contribution is -0.754. The topological polar surface area (TPSA) is 30.2 Å². The maximum atomic E-state index is 11.1. The summed E-state index contributed by atoms with van der Waals surface area (Å²) in [5.74, 6) is -0.300. The van der Waals surface area contributed by atoms with E-state index in [9.17, 15) is 4.79 Å². The lowest BCUT2D eigenvalue weighted by Crippen LogP contribution is -3.00. The van der Waals surface area contributed by atoms with Crippen molar-refractivity contribution in [1.29, 1.82) is 0 Å². The molecule has 0 bridgehead atoms. The Hall–Kier alpha value is -0.650. The average molecular weight is 321 g/mol. The highest BCUT2D eigenvalue weighted by Gasteiger charge is 2.21. The minimum absolute atomic E-state index is 0. The first kappa shape index (κ1) is 14.3. The van der Waals surface area contributed by atoms with Crippen LogP contribution in [0.1, 0.15) is 31.1 Å². The van der Waals surface area contributed by atoms with E-state index in [1.54, 1.807) is 12.1 Å². The van der Waals surface area contributed by atoms with Gasteiger partial charge < -0.3 is 28.7 Å². The van der Waals surface area contributed by atoms with Crippen LogP contribution in [0.15, 0.2) is 24.5 Å². The molecule has 3 nitrogen and oxygen atoms in total. The van der Waals surface area contributed by atoms with Gasteiger partial charge in [-0.3, -0.25) is 0 Å². The van der Waals surface area contributed by atoms with E-state index in [0.717, 1.165) is 0 Å². The number of aromatic nitrogens is 1. The molecule has 0 fully saturated rings. The summed E-state index contributed by atoms with van der Waals surface area (Å²) in [6.45, 7) is 6.31. The molecule has 84 valence electrons. The summed E-state index contributed by atoms with van der Waals surface area (Å²) in [4.78, 5) is 11.1. The molecular formula is C11H16INO2. The lowest BCUT2D eigenvalue weighted by atomic mass is 10.1. The highest BCUT2D eigenvalue weighted by Crippen LogP contribution is 2.04. The molecule has 1 aromatic heterocycles. The number of esters is 1. The molecule has 1 aromatic rings. The Morgan fingerprint density at radius 1 is 1.27 bits per heavy atom. The van der Waals surface area contributed by atoms with E-state index in [2.05, 4.69) is 25.5 Å². The zero-order chi connectivity index (χ0) is 10.8. The van der Waals surface area contributed by atoms with Crippen molar-refractivity contribution >= 4 is 5.97 Å². The smallest absolute Gasteiger partial charge is 0.338 e. The minimum atomic E-state index is -0.300. The summed E-state index contributed by atoms with van der Waals surface area (Å²) in [6, 6.07) is 3.52.